The summed E-state index contributed by atoms with van der Waals surface area (Å²) in [7, 11) is -3.16. The Labute approximate surface area is 285 Å². The molecule has 0 aromatic heterocycles. The molecule has 0 saturated heterocycles. The third kappa shape index (κ3) is 7.32. The molecule has 2 aliphatic rings. The number of rotatable bonds is 12. The fourth-order valence-corrected chi connectivity index (χ4v) is 12.3. The fourth-order valence-electron chi connectivity index (χ4n) is 6.79. The second-order valence-corrected chi connectivity index (χ2v) is 25.0. The number of carbonyl (C=O) groups is 1. The molecule has 0 amide bonds. The lowest BCUT2D eigenvalue weighted by Gasteiger charge is -2.49. The number of hydrogen-bond donors (Lipinski definition) is 0. The Morgan fingerprint density at radius 1 is 0.915 bits per heavy atom. The molecule has 256 valence electrons. The lowest BCUT2D eigenvalue weighted by atomic mass is 9.62. The van der Waals surface area contributed by atoms with Gasteiger partial charge < -0.3 is 23.1 Å². The predicted molar refractivity (Wildman–Crippen MR) is 196 cm³/mol. The Morgan fingerprint density at radius 3 is 2.00 bits per heavy atom. The first-order valence-electron chi connectivity index (χ1n) is 16.8. The van der Waals surface area contributed by atoms with Gasteiger partial charge in [-0.2, -0.15) is 0 Å². The molecule has 2 aromatic rings. The standard InChI is InChI=1S/C39H56O6Si2/c1-30-26-39(34(42-29-41-9)25-35(40)45-39)38(8,23-18-24-43-46(10,11)36(2,3)4)27-31(30)28-44-47(37(5,6)7,32-19-14-12-15-20-32)33-21-16-13-17-22-33/h12-23,25,27,30H,24,26,28-29H2,1-11H3/b23-18-/t30-,38+,39+/m1/s1. The van der Waals surface area contributed by atoms with Crippen LogP contribution in [-0.4, -0.2) is 55.3 Å². The molecule has 0 bridgehead atoms. The smallest absolute Gasteiger partial charge is 0.335 e. The minimum Gasteiger partial charge on any atom is -0.467 e. The summed E-state index contributed by atoms with van der Waals surface area (Å²) in [5.74, 6) is 0.149. The summed E-state index contributed by atoms with van der Waals surface area (Å²) in [6.45, 7) is 23.4. The third-order valence-corrected chi connectivity index (χ3v) is 20.0. The molecule has 0 fully saturated rings. The van der Waals surface area contributed by atoms with Crippen LogP contribution in [0.5, 0.6) is 0 Å². The molecule has 3 atom stereocenters. The second kappa shape index (κ2) is 14.0. The zero-order valence-corrected chi connectivity index (χ0v) is 32.4. The van der Waals surface area contributed by atoms with E-state index < -0.39 is 33.6 Å². The van der Waals surface area contributed by atoms with E-state index in [1.165, 1.54) is 22.0 Å². The third-order valence-electron chi connectivity index (χ3n) is 10.5. The van der Waals surface area contributed by atoms with Crippen molar-refractivity contribution in [2.24, 2.45) is 11.3 Å². The van der Waals surface area contributed by atoms with Crippen molar-refractivity contribution in [3.8, 4) is 0 Å². The molecule has 47 heavy (non-hydrogen) atoms. The molecular formula is C39H56O6Si2. The normalized spacial score (nSPS) is 24.0. The number of hydrogen-bond acceptors (Lipinski definition) is 6. The van der Waals surface area contributed by atoms with Gasteiger partial charge >= 0.3 is 5.97 Å². The molecule has 1 heterocycles. The van der Waals surface area contributed by atoms with Gasteiger partial charge in [0.2, 0.25) is 0 Å². The summed E-state index contributed by atoms with van der Waals surface area (Å²) in [5, 5.41) is 2.44. The molecule has 1 aliphatic heterocycles. The SMILES string of the molecule is COCOC1=CC(=O)O[C@@]12C[C@@H](C)C(CO[Si](c1ccccc1)(c1ccccc1)C(C)(C)C)=C[C@]2(C)/C=C\CO[Si](C)(C)C(C)(C)C. The van der Waals surface area contributed by atoms with Gasteiger partial charge in [-0.15, -0.1) is 0 Å². The number of carbonyl (C=O) groups excluding carboxylic acids is 1. The van der Waals surface area contributed by atoms with Crippen molar-refractivity contribution < 1.29 is 27.9 Å². The molecule has 0 radical (unpaired) electrons. The Kier molecular flexibility index (Phi) is 11.0. The Hall–Kier alpha value is -2.76. The average molecular weight is 677 g/mol. The van der Waals surface area contributed by atoms with E-state index in [4.69, 9.17) is 23.1 Å². The fraction of sp³-hybridized carbons (Fsp3) is 0.513. The van der Waals surface area contributed by atoms with Gasteiger partial charge in [0.25, 0.3) is 8.32 Å². The second-order valence-electron chi connectivity index (χ2n) is 15.8. The van der Waals surface area contributed by atoms with Crippen LogP contribution >= 0.6 is 0 Å². The molecule has 0 N–H and O–H groups in total. The summed E-state index contributed by atoms with van der Waals surface area (Å²) >= 11 is 0. The van der Waals surface area contributed by atoms with E-state index in [1.54, 1.807) is 7.11 Å². The molecule has 1 spiro atoms. The molecule has 2 aromatic carbocycles. The molecule has 1 aliphatic carbocycles. The highest BCUT2D eigenvalue weighted by molar-refractivity contribution is 6.99. The zero-order valence-electron chi connectivity index (χ0n) is 30.4. The van der Waals surface area contributed by atoms with Gasteiger partial charge in [-0.25, -0.2) is 4.79 Å². The maximum Gasteiger partial charge on any atom is 0.335 e. The van der Waals surface area contributed by atoms with Crippen LogP contribution in [0.1, 0.15) is 61.8 Å². The highest BCUT2D eigenvalue weighted by Crippen LogP contribution is 2.54. The van der Waals surface area contributed by atoms with Crippen LogP contribution in [0.2, 0.25) is 23.2 Å². The van der Waals surface area contributed by atoms with Gasteiger partial charge in [0, 0.05) is 13.5 Å². The van der Waals surface area contributed by atoms with Crippen LogP contribution in [0.4, 0.5) is 0 Å². The van der Waals surface area contributed by atoms with Gasteiger partial charge in [0.1, 0.15) is 0 Å². The maximum atomic E-state index is 12.9. The minimum atomic E-state index is -2.77. The Morgan fingerprint density at radius 2 is 1.49 bits per heavy atom. The van der Waals surface area contributed by atoms with E-state index in [-0.39, 0.29) is 22.8 Å². The van der Waals surface area contributed by atoms with E-state index in [2.05, 4.69) is 147 Å². The number of benzene rings is 2. The molecular weight excluding hydrogens is 621 g/mol. The first kappa shape index (κ1) is 37.1. The first-order valence-corrected chi connectivity index (χ1v) is 21.6. The van der Waals surface area contributed by atoms with Gasteiger partial charge in [0.15, 0.2) is 26.5 Å². The van der Waals surface area contributed by atoms with Gasteiger partial charge in [0.05, 0.1) is 24.7 Å². The highest BCUT2D eigenvalue weighted by atomic mass is 28.4. The van der Waals surface area contributed by atoms with Crippen LogP contribution < -0.4 is 10.4 Å². The summed E-state index contributed by atoms with van der Waals surface area (Å²) < 4.78 is 31.5. The average Bonchev–Trinajstić information content (AvgIpc) is 3.32. The summed E-state index contributed by atoms with van der Waals surface area (Å²) in [6, 6.07) is 21.4. The molecule has 0 unspecified atom stereocenters. The van der Waals surface area contributed by atoms with E-state index in [9.17, 15) is 4.79 Å². The molecule has 4 rings (SSSR count). The van der Waals surface area contributed by atoms with Gasteiger partial charge in [-0.05, 0) is 52.0 Å². The topological polar surface area (TPSA) is 63.2 Å². The molecule has 6 nitrogen and oxygen atoms in total. The summed E-state index contributed by atoms with van der Waals surface area (Å²) in [4.78, 5) is 12.9. The van der Waals surface area contributed by atoms with Crippen LogP contribution in [-0.2, 0) is 27.9 Å². The van der Waals surface area contributed by atoms with Crippen molar-refractivity contribution >= 4 is 33.0 Å². The van der Waals surface area contributed by atoms with Crippen molar-refractivity contribution in [2.75, 3.05) is 27.1 Å². The maximum absolute atomic E-state index is 12.9. The first-order chi connectivity index (χ1) is 21.9. The summed E-state index contributed by atoms with van der Waals surface area (Å²) in [6.07, 6.45) is 8.49. The quantitative estimate of drug-likeness (QED) is 0.0986. The number of ether oxygens (including phenoxy) is 3. The van der Waals surface area contributed by atoms with Crippen molar-refractivity contribution in [3.05, 3.63) is 96.3 Å². The lowest BCUT2D eigenvalue weighted by molar-refractivity contribution is -0.161. The summed E-state index contributed by atoms with van der Waals surface area (Å²) in [5.41, 5.74) is -0.571. The minimum absolute atomic E-state index is 0.0282. The Balaban J connectivity index is 1.78. The van der Waals surface area contributed by atoms with Crippen molar-refractivity contribution in [1.29, 1.82) is 0 Å². The lowest BCUT2D eigenvalue weighted by Crippen LogP contribution is -2.66. The van der Waals surface area contributed by atoms with E-state index in [1.807, 2.05) is 0 Å². The zero-order chi connectivity index (χ0) is 34.7. The van der Waals surface area contributed by atoms with Gasteiger partial charge in [-0.3, -0.25) is 0 Å². The van der Waals surface area contributed by atoms with E-state index in [0.717, 1.165) is 0 Å². The molecule has 8 heteroatoms. The van der Waals surface area contributed by atoms with Crippen LogP contribution in [0.3, 0.4) is 0 Å². The van der Waals surface area contributed by atoms with Crippen LogP contribution in [0, 0.1) is 11.3 Å². The van der Waals surface area contributed by atoms with Crippen LogP contribution in [0.15, 0.2) is 96.3 Å². The molecule has 0 saturated carbocycles. The largest absolute Gasteiger partial charge is 0.467 e. The van der Waals surface area contributed by atoms with Gasteiger partial charge in [-0.1, -0.05) is 127 Å². The van der Waals surface area contributed by atoms with E-state index in [0.29, 0.717) is 25.4 Å². The predicted octanol–water partition coefficient (Wildman–Crippen LogP) is 7.91. The number of methoxy groups -OCH3 is 1. The van der Waals surface area contributed by atoms with E-state index >= 15 is 0 Å². The number of esters is 1. The Bertz CT molecular complexity index is 1430. The monoisotopic (exact) mass is 676 g/mol. The van der Waals surface area contributed by atoms with Crippen molar-refractivity contribution in [3.63, 3.8) is 0 Å². The van der Waals surface area contributed by atoms with Crippen LogP contribution in [0.25, 0.3) is 0 Å². The highest BCUT2D eigenvalue weighted by Gasteiger charge is 2.59. The van der Waals surface area contributed by atoms with Crippen molar-refractivity contribution in [1.82, 2.24) is 0 Å². The van der Waals surface area contributed by atoms with Crippen molar-refractivity contribution in [2.45, 2.75) is 90.6 Å².